The van der Waals surface area contributed by atoms with Crippen molar-refractivity contribution in [2.24, 2.45) is 0 Å². The van der Waals surface area contributed by atoms with Gasteiger partial charge in [0.1, 0.15) is 11.9 Å². The third-order valence-electron chi connectivity index (χ3n) is 2.20. The topological polar surface area (TPSA) is 86.6 Å². The van der Waals surface area contributed by atoms with Gasteiger partial charge in [-0.15, -0.1) is 0 Å². The molecule has 5 nitrogen and oxygen atoms in total. The predicted molar refractivity (Wildman–Crippen MR) is 64.7 cm³/mol. The summed E-state index contributed by atoms with van der Waals surface area (Å²) >= 11 is 2.94. The molecule has 0 radical (unpaired) electrons. The van der Waals surface area contributed by atoms with E-state index in [1.54, 1.807) is 0 Å². The van der Waals surface area contributed by atoms with Crippen molar-refractivity contribution in [1.29, 1.82) is 0 Å². The smallest absolute Gasteiger partial charge is 0.326 e. The second kappa shape index (κ2) is 6.46. The molecule has 0 aliphatic rings. The Balaban J connectivity index is 2.80. The number of aliphatic carboxylic acids is 1. The molecule has 98 valence electrons. The second-order valence-electron chi connectivity index (χ2n) is 3.51. The van der Waals surface area contributed by atoms with E-state index in [1.807, 2.05) is 0 Å². The van der Waals surface area contributed by atoms with Crippen molar-refractivity contribution < 1.29 is 24.2 Å². The van der Waals surface area contributed by atoms with Crippen LogP contribution in [0.1, 0.15) is 16.8 Å². The Hall–Kier alpha value is -1.47. The van der Waals surface area contributed by atoms with Gasteiger partial charge in [-0.1, -0.05) is 0 Å². The first-order valence-electron chi connectivity index (χ1n) is 5.05. The van der Waals surface area contributed by atoms with E-state index in [1.165, 1.54) is 12.1 Å². The van der Waals surface area contributed by atoms with Gasteiger partial charge in [0.05, 0.1) is 4.47 Å². The maximum Gasteiger partial charge on any atom is 0.326 e. The lowest BCUT2D eigenvalue weighted by molar-refractivity contribution is -0.139. The number of carbonyl (C=O) groups excluding carboxylic acids is 1. The van der Waals surface area contributed by atoms with Crippen molar-refractivity contribution in [3.8, 4) is 0 Å². The van der Waals surface area contributed by atoms with Crippen LogP contribution in [0.4, 0.5) is 4.39 Å². The highest BCUT2D eigenvalue weighted by Crippen LogP contribution is 2.16. The molecule has 0 heterocycles. The van der Waals surface area contributed by atoms with Gasteiger partial charge in [0.15, 0.2) is 0 Å². The van der Waals surface area contributed by atoms with Gasteiger partial charge in [0.25, 0.3) is 5.91 Å². The molecule has 18 heavy (non-hydrogen) atoms. The van der Waals surface area contributed by atoms with Gasteiger partial charge < -0.3 is 15.5 Å². The Labute approximate surface area is 111 Å². The van der Waals surface area contributed by atoms with E-state index >= 15 is 0 Å². The molecule has 0 fully saturated rings. The third-order valence-corrected chi connectivity index (χ3v) is 2.85. The number of hydrogen-bond acceptors (Lipinski definition) is 3. The van der Waals surface area contributed by atoms with E-state index in [2.05, 4.69) is 21.2 Å². The first-order valence-corrected chi connectivity index (χ1v) is 5.84. The number of nitrogens with one attached hydrogen (secondary N) is 1. The van der Waals surface area contributed by atoms with Gasteiger partial charge in [-0.2, -0.15) is 0 Å². The highest BCUT2D eigenvalue weighted by atomic mass is 79.9. The van der Waals surface area contributed by atoms with Gasteiger partial charge in [0.2, 0.25) is 0 Å². The Morgan fingerprint density at radius 1 is 1.44 bits per heavy atom. The van der Waals surface area contributed by atoms with Gasteiger partial charge >= 0.3 is 5.97 Å². The van der Waals surface area contributed by atoms with Crippen molar-refractivity contribution in [2.45, 2.75) is 12.5 Å². The molecule has 1 aromatic rings. The van der Waals surface area contributed by atoms with Crippen LogP contribution in [0.25, 0.3) is 0 Å². The SMILES string of the molecule is O=C(N[C@@H](CCO)C(=O)O)c1ccc(Br)c(F)c1. The van der Waals surface area contributed by atoms with E-state index in [0.717, 1.165) is 6.07 Å². The summed E-state index contributed by atoms with van der Waals surface area (Å²) in [4.78, 5) is 22.4. The van der Waals surface area contributed by atoms with E-state index in [-0.39, 0.29) is 23.1 Å². The van der Waals surface area contributed by atoms with E-state index in [4.69, 9.17) is 10.2 Å². The summed E-state index contributed by atoms with van der Waals surface area (Å²) in [6, 6.07) is 2.51. The van der Waals surface area contributed by atoms with Crippen LogP contribution in [0, 0.1) is 5.82 Å². The molecule has 0 bridgehead atoms. The number of hydrogen-bond donors (Lipinski definition) is 3. The summed E-state index contributed by atoms with van der Waals surface area (Å²) < 4.78 is 13.4. The molecule has 0 spiro atoms. The molecule has 3 N–H and O–H groups in total. The number of aliphatic hydroxyl groups is 1. The zero-order chi connectivity index (χ0) is 13.7. The van der Waals surface area contributed by atoms with Crippen molar-refractivity contribution in [3.63, 3.8) is 0 Å². The predicted octanol–water partition coefficient (Wildman–Crippen LogP) is 1.15. The molecule has 1 rings (SSSR count). The lowest BCUT2D eigenvalue weighted by Crippen LogP contribution is -2.41. The van der Waals surface area contributed by atoms with Crippen LogP contribution in [-0.2, 0) is 4.79 Å². The summed E-state index contributed by atoms with van der Waals surface area (Å²) in [5.74, 6) is -2.58. The molecule has 7 heteroatoms. The van der Waals surface area contributed by atoms with Gasteiger partial charge in [-0.25, -0.2) is 9.18 Å². The van der Waals surface area contributed by atoms with Crippen LogP contribution in [0.2, 0.25) is 0 Å². The van der Waals surface area contributed by atoms with Crippen molar-refractivity contribution in [1.82, 2.24) is 5.32 Å². The Bertz CT molecular complexity index is 466. The molecule has 1 aromatic carbocycles. The summed E-state index contributed by atoms with van der Waals surface area (Å²) in [6.07, 6.45) is -0.111. The number of carboxylic acids is 1. The van der Waals surface area contributed by atoms with Crippen LogP contribution in [-0.4, -0.2) is 34.7 Å². The number of carbonyl (C=O) groups is 2. The van der Waals surface area contributed by atoms with Crippen molar-refractivity contribution in [2.75, 3.05) is 6.61 Å². The molecule has 0 aliphatic carbocycles. The molecule has 1 amide bonds. The standard InChI is InChI=1S/C11H11BrFNO4/c12-7-2-1-6(5-8(7)13)10(16)14-9(3-4-15)11(17)18/h1-2,5,9,15H,3-4H2,(H,14,16)(H,17,18)/t9-/m0/s1. The Morgan fingerprint density at radius 2 is 2.11 bits per heavy atom. The minimum Gasteiger partial charge on any atom is -0.480 e. The third kappa shape index (κ3) is 3.78. The summed E-state index contributed by atoms with van der Waals surface area (Å²) in [7, 11) is 0. The van der Waals surface area contributed by atoms with Crippen LogP contribution in [0.5, 0.6) is 0 Å². The lowest BCUT2D eigenvalue weighted by atomic mass is 10.1. The van der Waals surface area contributed by atoms with Gasteiger partial charge in [-0.3, -0.25) is 4.79 Å². The van der Waals surface area contributed by atoms with Crippen molar-refractivity contribution in [3.05, 3.63) is 34.1 Å². The molecule has 1 atom stereocenters. The number of aliphatic hydroxyl groups excluding tert-OH is 1. The fourth-order valence-corrected chi connectivity index (χ4v) is 1.51. The molecule has 0 unspecified atom stereocenters. The van der Waals surface area contributed by atoms with Crippen molar-refractivity contribution >= 4 is 27.8 Å². The first kappa shape index (κ1) is 14.6. The lowest BCUT2D eigenvalue weighted by Gasteiger charge is -2.13. The minimum absolute atomic E-state index is 0.0138. The molecule has 0 saturated carbocycles. The average Bonchev–Trinajstić information content (AvgIpc) is 2.31. The zero-order valence-corrected chi connectivity index (χ0v) is 10.8. The summed E-state index contributed by atoms with van der Waals surface area (Å²) in [5.41, 5.74) is 0.0138. The van der Waals surface area contributed by atoms with Gasteiger partial charge in [-0.05, 0) is 34.1 Å². The number of benzene rings is 1. The van der Waals surface area contributed by atoms with Gasteiger partial charge in [0, 0.05) is 18.6 Å². The number of carboxylic acid groups (broad SMARTS) is 1. The van der Waals surface area contributed by atoms with E-state index < -0.39 is 23.7 Å². The number of rotatable bonds is 5. The highest BCUT2D eigenvalue weighted by Gasteiger charge is 2.20. The monoisotopic (exact) mass is 319 g/mol. The van der Waals surface area contributed by atoms with Crippen LogP contribution >= 0.6 is 15.9 Å². The second-order valence-corrected chi connectivity index (χ2v) is 4.36. The average molecular weight is 320 g/mol. The summed E-state index contributed by atoms with van der Waals surface area (Å²) in [5, 5.41) is 19.7. The molecular weight excluding hydrogens is 309 g/mol. The quantitative estimate of drug-likeness (QED) is 0.760. The maximum absolute atomic E-state index is 13.2. The van der Waals surface area contributed by atoms with E-state index in [9.17, 15) is 14.0 Å². The Kier molecular flexibility index (Phi) is 5.24. The molecular formula is C11H11BrFNO4. The van der Waals surface area contributed by atoms with Crippen LogP contribution in [0.3, 0.4) is 0 Å². The normalized spacial score (nSPS) is 11.9. The molecule has 0 aromatic heterocycles. The van der Waals surface area contributed by atoms with Crippen LogP contribution in [0.15, 0.2) is 22.7 Å². The Morgan fingerprint density at radius 3 is 2.61 bits per heavy atom. The highest BCUT2D eigenvalue weighted by molar-refractivity contribution is 9.10. The summed E-state index contributed by atoms with van der Waals surface area (Å²) in [6.45, 7) is -0.369. The maximum atomic E-state index is 13.2. The van der Waals surface area contributed by atoms with Crippen LogP contribution < -0.4 is 5.32 Å². The molecule has 0 saturated heterocycles. The fourth-order valence-electron chi connectivity index (χ4n) is 1.27. The number of halogens is 2. The molecule has 0 aliphatic heterocycles. The minimum atomic E-state index is -1.25. The number of amides is 1. The largest absolute Gasteiger partial charge is 0.480 e. The first-order chi connectivity index (χ1) is 8.45. The fraction of sp³-hybridized carbons (Fsp3) is 0.273. The van der Waals surface area contributed by atoms with E-state index in [0.29, 0.717) is 0 Å². The zero-order valence-electron chi connectivity index (χ0n) is 9.19.